The van der Waals surface area contributed by atoms with Gasteiger partial charge in [-0.25, -0.2) is 4.98 Å². The van der Waals surface area contributed by atoms with Crippen molar-refractivity contribution in [2.75, 3.05) is 11.1 Å². The molecule has 0 aliphatic rings. The Hall–Kier alpha value is -2.93. The molecule has 0 fully saturated rings. The number of fused-ring (bicyclic) bond motifs is 1. The van der Waals surface area contributed by atoms with Crippen LogP contribution in [0.2, 0.25) is 0 Å². The summed E-state index contributed by atoms with van der Waals surface area (Å²) in [6.07, 6.45) is 0.862. The normalized spacial score (nSPS) is 11.0. The van der Waals surface area contributed by atoms with Gasteiger partial charge in [-0.3, -0.25) is 9.59 Å². The van der Waals surface area contributed by atoms with Crippen LogP contribution in [-0.4, -0.2) is 16.8 Å². The zero-order valence-corrected chi connectivity index (χ0v) is 15.4. The maximum absolute atomic E-state index is 12.7. The van der Waals surface area contributed by atoms with Crippen LogP contribution in [0, 0.1) is 5.92 Å². The number of nitrogen functional groups attached to an aromatic ring is 1. The fraction of sp³-hybridized carbons (Fsp3) is 0.211. The van der Waals surface area contributed by atoms with Gasteiger partial charge in [-0.2, -0.15) is 0 Å². The molecule has 2 aromatic heterocycles. The molecule has 0 atom stereocenters. The van der Waals surface area contributed by atoms with E-state index in [1.54, 1.807) is 24.3 Å². The van der Waals surface area contributed by atoms with E-state index in [1.165, 1.54) is 11.3 Å². The Bertz CT molecular complexity index is 994. The predicted octanol–water partition coefficient (Wildman–Crippen LogP) is 3.43. The molecule has 0 aliphatic heterocycles. The Kier molecular flexibility index (Phi) is 4.90. The standard InChI is InChI=1S/C19H20N4O2S/c1-10(2)9-11-7-8-13-15(20)16(26-19(13)22-11)18(25)23-14-6-4-3-5-12(14)17(21)24/h3-8,10H,9,20H2,1-2H3,(H2,21,24)(H,23,25). The van der Waals surface area contributed by atoms with Gasteiger partial charge in [0.05, 0.1) is 16.9 Å². The van der Waals surface area contributed by atoms with Gasteiger partial charge in [0.15, 0.2) is 0 Å². The molecule has 0 unspecified atom stereocenters. The topological polar surface area (TPSA) is 111 Å². The Labute approximate surface area is 155 Å². The average Bonchev–Trinajstić information content (AvgIpc) is 2.91. The maximum atomic E-state index is 12.7. The highest BCUT2D eigenvalue weighted by Gasteiger charge is 2.19. The van der Waals surface area contributed by atoms with E-state index in [1.807, 2.05) is 12.1 Å². The molecule has 5 N–H and O–H groups in total. The summed E-state index contributed by atoms with van der Waals surface area (Å²) in [5, 5.41) is 3.48. The molecule has 2 amide bonds. The van der Waals surface area contributed by atoms with Crippen molar-refractivity contribution in [3.8, 4) is 0 Å². The van der Waals surface area contributed by atoms with E-state index >= 15 is 0 Å². The van der Waals surface area contributed by atoms with E-state index in [0.29, 0.717) is 22.2 Å². The Morgan fingerprint density at radius 1 is 1.19 bits per heavy atom. The van der Waals surface area contributed by atoms with Gasteiger partial charge in [0.1, 0.15) is 9.71 Å². The highest BCUT2D eigenvalue weighted by atomic mass is 32.1. The van der Waals surface area contributed by atoms with Crippen molar-refractivity contribution in [2.45, 2.75) is 20.3 Å². The Morgan fingerprint density at radius 3 is 2.62 bits per heavy atom. The molecule has 2 heterocycles. The zero-order valence-electron chi connectivity index (χ0n) is 14.6. The molecule has 0 aliphatic carbocycles. The van der Waals surface area contributed by atoms with Crippen molar-refractivity contribution in [1.29, 1.82) is 0 Å². The van der Waals surface area contributed by atoms with E-state index in [2.05, 4.69) is 24.1 Å². The summed E-state index contributed by atoms with van der Waals surface area (Å²) in [6, 6.07) is 10.4. The zero-order chi connectivity index (χ0) is 18.8. The van der Waals surface area contributed by atoms with Crippen LogP contribution in [0.4, 0.5) is 11.4 Å². The lowest BCUT2D eigenvalue weighted by Crippen LogP contribution is -2.18. The van der Waals surface area contributed by atoms with Crippen molar-refractivity contribution in [2.24, 2.45) is 11.7 Å². The van der Waals surface area contributed by atoms with Crippen molar-refractivity contribution < 1.29 is 9.59 Å². The number of nitrogens with one attached hydrogen (secondary N) is 1. The highest BCUT2D eigenvalue weighted by Crippen LogP contribution is 2.33. The number of hydrogen-bond acceptors (Lipinski definition) is 5. The first-order chi connectivity index (χ1) is 12.4. The van der Waals surface area contributed by atoms with Crippen LogP contribution in [0.15, 0.2) is 36.4 Å². The number of aromatic nitrogens is 1. The lowest BCUT2D eigenvalue weighted by Gasteiger charge is -2.08. The van der Waals surface area contributed by atoms with Crippen LogP contribution in [-0.2, 0) is 6.42 Å². The summed E-state index contributed by atoms with van der Waals surface area (Å²) in [5.41, 5.74) is 13.5. The van der Waals surface area contributed by atoms with Gasteiger partial charge in [-0.15, -0.1) is 11.3 Å². The molecule has 0 radical (unpaired) electrons. The summed E-state index contributed by atoms with van der Waals surface area (Å²) in [5.74, 6) is -0.500. The van der Waals surface area contributed by atoms with Gasteiger partial charge in [0, 0.05) is 11.1 Å². The second kappa shape index (κ2) is 7.13. The predicted molar refractivity (Wildman–Crippen MR) is 105 cm³/mol. The number of para-hydroxylation sites is 1. The molecule has 7 heteroatoms. The average molecular weight is 368 g/mol. The van der Waals surface area contributed by atoms with Crippen molar-refractivity contribution >= 4 is 44.7 Å². The van der Waals surface area contributed by atoms with Gasteiger partial charge < -0.3 is 16.8 Å². The van der Waals surface area contributed by atoms with E-state index in [-0.39, 0.29) is 11.5 Å². The molecule has 0 saturated heterocycles. The largest absolute Gasteiger partial charge is 0.397 e. The minimum absolute atomic E-state index is 0.248. The first-order valence-electron chi connectivity index (χ1n) is 8.25. The summed E-state index contributed by atoms with van der Waals surface area (Å²) >= 11 is 1.24. The van der Waals surface area contributed by atoms with E-state index < -0.39 is 5.91 Å². The fourth-order valence-electron chi connectivity index (χ4n) is 2.72. The molecule has 3 rings (SSSR count). The Morgan fingerprint density at radius 2 is 1.92 bits per heavy atom. The molecule has 3 aromatic rings. The van der Waals surface area contributed by atoms with Gasteiger partial charge >= 0.3 is 0 Å². The third-order valence-corrected chi connectivity index (χ3v) is 5.03. The third kappa shape index (κ3) is 3.52. The molecule has 0 spiro atoms. The number of hydrogen-bond donors (Lipinski definition) is 3. The molecule has 6 nitrogen and oxygen atoms in total. The molecular weight excluding hydrogens is 348 g/mol. The maximum Gasteiger partial charge on any atom is 0.267 e. The summed E-state index contributed by atoms with van der Waals surface area (Å²) in [6.45, 7) is 4.26. The minimum Gasteiger partial charge on any atom is -0.397 e. The van der Waals surface area contributed by atoms with Crippen LogP contribution >= 0.6 is 11.3 Å². The van der Waals surface area contributed by atoms with Gasteiger partial charge in [-0.05, 0) is 36.6 Å². The number of benzene rings is 1. The van der Waals surface area contributed by atoms with E-state index in [9.17, 15) is 9.59 Å². The molecule has 1 aromatic carbocycles. The second-order valence-electron chi connectivity index (χ2n) is 6.46. The molecular formula is C19H20N4O2S. The van der Waals surface area contributed by atoms with E-state index in [0.717, 1.165) is 22.3 Å². The molecule has 134 valence electrons. The number of carbonyl (C=O) groups excluding carboxylic acids is 2. The fourth-order valence-corrected chi connectivity index (χ4v) is 3.73. The number of primary amides is 1. The van der Waals surface area contributed by atoms with Crippen molar-refractivity contribution in [1.82, 2.24) is 4.98 Å². The minimum atomic E-state index is -0.606. The number of amides is 2. The molecule has 0 saturated carbocycles. The molecule has 0 bridgehead atoms. The monoisotopic (exact) mass is 368 g/mol. The number of pyridine rings is 1. The summed E-state index contributed by atoms with van der Waals surface area (Å²) < 4.78 is 0. The van der Waals surface area contributed by atoms with Crippen molar-refractivity contribution in [3.05, 3.63) is 52.5 Å². The number of carbonyl (C=O) groups is 2. The number of nitrogens with zero attached hydrogens (tertiary/aromatic N) is 1. The lowest BCUT2D eigenvalue weighted by atomic mass is 10.1. The third-order valence-electron chi connectivity index (χ3n) is 3.92. The second-order valence-corrected chi connectivity index (χ2v) is 7.46. The van der Waals surface area contributed by atoms with Crippen LogP contribution in [0.25, 0.3) is 10.2 Å². The SMILES string of the molecule is CC(C)Cc1ccc2c(N)c(C(=O)Nc3ccccc3C(N)=O)sc2n1. The van der Waals surface area contributed by atoms with Gasteiger partial charge in [0.2, 0.25) is 0 Å². The van der Waals surface area contributed by atoms with Crippen molar-refractivity contribution in [3.63, 3.8) is 0 Å². The van der Waals surface area contributed by atoms with Crippen LogP contribution in [0.5, 0.6) is 0 Å². The highest BCUT2D eigenvalue weighted by molar-refractivity contribution is 7.21. The summed E-state index contributed by atoms with van der Waals surface area (Å²) in [7, 11) is 0. The first kappa shape index (κ1) is 17.9. The number of anilines is 2. The number of nitrogens with two attached hydrogens (primary N) is 2. The summed E-state index contributed by atoms with van der Waals surface area (Å²) in [4.78, 5) is 29.9. The van der Waals surface area contributed by atoms with Crippen LogP contribution < -0.4 is 16.8 Å². The smallest absolute Gasteiger partial charge is 0.267 e. The molecule has 26 heavy (non-hydrogen) atoms. The van der Waals surface area contributed by atoms with Crippen LogP contribution in [0.1, 0.15) is 39.6 Å². The number of thiophene rings is 1. The first-order valence-corrected chi connectivity index (χ1v) is 9.06. The van der Waals surface area contributed by atoms with Gasteiger partial charge in [-0.1, -0.05) is 26.0 Å². The number of rotatable bonds is 5. The Balaban J connectivity index is 1.94. The quantitative estimate of drug-likeness (QED) is 0.640. The van der Waals surface area contributed by atoms with E-state index in [4.69, 9.17) is 11.5 Å². The van der Waals surface area contributed by atoms with Crippen LogP contribution in [0.3, 0.4) is 0 Å². The van der Waals surface area contributed by atoms with Gasteiger partial charge in [0.25, 0.3) is 11.8 Å². The lowest BCUT2D eigenvalue weighted by molar-refractivity contribution is 0.100.